The second-order valence-corrected chi connectivity index (χ2v) is 8.19. The Balaban J connectivity index is 2.03. The standard InChI is InChI=1S/C19H25ClO6/c1-8(2)17(22)25-12-5-9(3)11-6-13(21)19(24,7-20)15(11)16-14(12)10(4)18(23)26-16/h8,11-16,21,24H,3-7H2,1-2H3. The number of halogens is 1. The molecular weight excluding hydrogens is 360 g/mol. The van der Waals surface area contributed by atoms with E-state index in [9.17, 15) is 19.8 Å². The maximum Gasteiger partial charge on any atom is 0.334 e. The minimum Gasteiger partial charge on any atom is -0.461 e. The molecule has 3 fully saturated rings. The van der Waals surface area contributed by atoms with Crippen molar-refractivity contribution in [1.29, 1.82) is 0 Å². The Morgan fingerprint density at radius 1 is 1.46 bits per heavy atom. The van der Waals surface area contributed by atoms with Crippen LogP contribution in [0.5, 0.6) is 0 Å². The number of aliphatic hydroxyl groups is 2. The van der Waals surface area contributed by atoms with Crippen LogP contribution < -0.4 is 0 Å². The van der Waals surface area contributed by atoms with Gasteiger partial charge in [0.1, 0.15) is 17.8 Å². The quantitative estimate of drug-likeness (QED) is 0.332. The molecule has 3 rings (SSSR count). The number of ether oxygens (including phenoxy) is 2. The summed E-state index contributed by atoms with van der Waals surface area (Å²) in [5.74, 6) is -2.99. The molecule has 0 aromatic heterocycles. The first kappa shape index (κ1) is 19.4. The van der Waals surface area contributed by atoms with Gasteiger partial charge in [0.15, 0.2) is 0 Å². The largest absolute Gasteiger partial charge is 0.461 e. The zero-order chi connectivity index (χ0) is 19.4. The van der Waals surface area contributed by atoms with E-state index in [2.05, 4.69) is 13.2 Å². The lowest BCUT2D eigenvalue weighted by Gasteiger charge is -2.37. The lowest BCUT2D eigenvalue weighted by molar-refractivity contribution is -0.160. The van der Waals surface area contributed by atoms with Gasteiger partial charge >= 0.3 is 11.9 Å². The molecule has 1 heterocycles. The van der Waals surface area contributed by atoms with Crippen LogP contribution in [0.15, 0.2) is 24.3 Å². The Kier molecular flexibility index (Phi) is 4.97. The highest BCUT2D eigenvalue weighted by Crippen LogP contribution is 2.55. The maximum atomic E-state index is 12.2. The zero-order valence-electron chi connectivity index (χ0n) is 15.0. The van der Waals surface area contributed by atoms with Crippen molar-refractivity contribution in [2.75, 3.05) is 5.88 Å². The summed E-state index contributed by atoms with van der Waals surface area (Å²) in [4.78, 5) is 24.4. The third-order valence-electron chi connectivity index (χ3n) is 6.02. The predicted octanol–water partition coefficient (Wildman–Crippen LogP) is 1.58. The van der Waals surface area contributed by atoms with Crippen molar-refractivity contribution in [2.24, 2.45) is 23.7 Å². The van der Waals surface area contributed by atoms with Crippen LogP contribution >= 0.6 is 11.6 Å². The highest BCUT2D eigenvalue weighted by Gasteiger charge is 2.64. The second-order valence-electron chi connectivity index (χ2n) is 7.92. The maximum absolute atomic E-state index is 12.2. The third-order valence-corrected chi connectivity index (χ3v) is 6.45. The molecule has 3 aliphatic rings. The van der Waals surface area contributed by atoms with Crippen LogP contribution in [0.3, 0.4) is 0 Å². The van der Waals surface area contributed by atoms with Crippen LogP contribution in [0.1, 0.15) is 26.7 Å². The van der Waals surface area contributed by atoms with Crippen molar-refractivity contribution in [1.82, 2.24) is 0 Å². The summed E-state index contributed by atoms with van der Waals surface area (Å²) >= 11 is 6.00. The van der Waals surface area contributed by atoms with Gasteiger partial charge in [-0.3, -0.25) is 4.79 Å². The molecule has 1 aliphatic heterocycles. The Labute approximate surface area is 157 Å². The molecule has 0 radical (unpaired) electrons. The van der Waals surface area contributed by atoms with Gasteiger partial charge in [0, 0.05) is 17.9 Å². The molecule has 2 N–H and O–H groups in total. The molecule has 7 unspecified atom stereocenters. The molecule has 0 bridgehead atoms. The first-order chi connectivity index (χ1) is 12.1. The molecule has 6 nitrogen and oxygen atoms in total. The van der Waals surface area contributed by atoms with Gasteiger partial charge in [0.2, 0.25) is 0 Å². The molecule has 2 aliphatic carbocycles. The molecule has 7 atom stereocenters. The van der Waals surface area contributed by atoms with Crippen molar-refractivity contribution in [3.8, 4) is 0 Å². The average molecular weight is 385 g/mol. The van der Waals surface area contributed by atoms with E-state index in [1.54, 1.807) is 13.8 Å². The highest BCUT2D eigenvalue weighted by molar-refractivity contribution is 6.18. The summed E-state index contributed by atoms with van der Waals surface area (Å²) in [6.45, 7) is 11.4. The number of alkyl halides is 1. The fraction of sp³-hybridized carbons (Fsp3) is 0.684. The summed E-state index contributed by atoms with van der Waals surface area (Å²) in [5.41, 5.74) is -0.655. The van der Waals surface area contributed by atoms with E-state index in [1.807, 2.05) is 0 Å². The van der Waals surface area contributed by atoms with E-state index in [0.717, 1.165) is 5.57 Å². The summed E-state index contributed by atoms with van der Waals surface area (Å²) in [6, 6.07) is 0. The van der Waals surface area contributed by atoms with Gasteiger partial charge in [-0.05, 0) is 12.3 Å². The van der Waals surface area contributed by atoms with Gasteiger partial charge in [-0.2, -0.15) is 0 Å². The van der Waals surface area contributed by atoms with E-state index in [-0.39, 0.29) is 35.7 Å². The molecule has 0 spiro atoms. The monoisotopic (exact) mass is 384 g/mol. The molecule has 144 valence electrons. The summed E-state index contributed by atoms with van der Waals surface area (Å²) < 4.78 is 11.2. The smallest absolute Gasteiger partial charge is 0.334 e. The average Bonchev–Trinajstić information content (AvgIpc) is 2.97. The van der Waals surface area contributed by atoms with E-state index < -0.39 is 41.7 Å². The molecular formula is C19H25ClO6. The molecule has 0 aromatic carbocycles. The Hall–Kier alpha value is -1.37. The van der Waals surface area contributed by atoms with Crippen LogP contribution in [0.4, 0.5) is 0 Å². The number of hydrogen-bond donors (Lipinski definition) is 2. The predicted molar refractivity (Wildman–Crippen MR) is 94.3 cm³/mol. The molecule has 7 heteroatoms. The fourth-order valence-electron chi connectivity index (χ4n) is 4.55. The number of hydrogen-bond acceptors (Lipinski definition) is 6. The first-order valence-corrected chi connectivity index (χ1v) is 9.39. The van der Waals surface area contributed by atoms with Crippen LogP contribution in [-0.4, -0.2) is 51.9 Å². The number of carbonyl (C=O) groups excluding carboxylic acids is 2. The Bertz CT molecular complexity index is 658. The zero-order valence-corrected chi connectivity index (χ0v) is 15.7. The van der Waals surface area contributed by atoms with E-state index in [4.69, 9.17) is 21.1 Å². The number of fused-ring (bicyclic) bond motifs is 3. The number of aliphatic hydroxyl groups excluding tert-OH is 1. The topological polar surface area (TPSA) is 93.1 Å². The number of esters is 2. The van der Waals surface area contributed by atoms with Gasteiger partial charge in [0.05, 0.1) is 23.8 Å². The Morgan fingerprint density at radius 2 is 2.12 bits per heavy atom. The van der Waals surface area contributed by atoms with Crippen molar-refractivity contribution in [2.45, 2.75) is 50.6 Å². The van der Waals surface area contributed by atoms with Gasteiger partial charge in [-0.15, -0.1) is 11.6 Å². The van der Waals surface area contributed by atoms with E-state index >= 15 is 0 Å². The van der Waals surface area contributed by atoms with E-state index in [0.29, 0.717) is 6.42 Å². The minimum absolute atomic E-state index is 0.202. The van der Waals surface area contributed by atoms with Gasteiger partial charge in [-0.25, -0.2) is 4.79 Å². The first-order valence-electron chi connectivity index (χ1n) is 8.86. The lowest BCUT2D eigenvalue weighted by atomic mass is 9.76. The fourth-order valence-corrected chi connectivity index (χ4v) is 4.91. The minimum atomic E-state index is -1.61. The molecule has 1 saturated heterocycles. The van der Waals surface area contributed by atoms with E-state index in [1.165, 1.54) is 0 Å². The van der Waals surface area contributed by atoms with Crippen molar-refractivity contribution in [3.05, 3.63) is 24.3 Å². The highest BCUT2D eigenvalue weighted by atomic mass is 35.5. The van der Waals surface area contributed by atoms with Crippen molar-refractivity contribution >= 4 is 23.5 Å². The SMILES string of the molecule is C=C1CC(OC(=O)C(C)C)C2C(=C)C(=O)OC2C2C1CC(O)C2(O)CCl. The van der Waals surface area contributed by atoms with Crippen LogP contribution in [0, 0.1) is 23.7 Å². The molecule has 2 saturated carbocycles. The van der Waals surface area contributed by atoms with Gasteiger partial charge < -0.3 is 19.7 Å². The summed E-state index contributed by atoms with van der Waals surface area (Å²) in [5, 5.41) is 21.4. The molecule has 0 aromatic rings. The second kappa shape index (κ2) is 6.66. The van der Waals surface area contributed by atoms with Crippen molar-refractivity contribution < 1.29 is 29.3 Å². The van der Waals surface area contributed by atoms with Gasteiger partial charge in [0.25, 0.3) is 0 Å². The van der Waals surface area contributed by atoms with Gasteiger partial charge in [-0.1, -0.05) is 32.6 Å². The molecule has 0 amide bonds. The lowest BCUT2D eigenvalue weighted by Crippen LogP contribution is -2.52. The van der Waals surface area contributed by atoms with Crippen LogP contribution in [0.2, 0.25) is 0 Å². The summed E-state index contributed by atoms with van der Waals surface area (Å²) in [7, 11) is 0. The normalized spacial score (nSPS) is 42.3. The molecule has 26 heavy (non-hydrogen) atoms. The van der Waals surface area contributed by atoms with Crippen molar-refractivity contribution in [3.63, 3.8) is 0 Å². The Morgan fingerprint density at radius 3 is 2.69 bits per heavy atom. The summed E-state index contributed by atoms with van der Waals surface area (Å²) in [6.07, 6.45) is -1.88. The third kappa shape index (κ3) is 2.79. The van der Waals surface area contributed by atoms with Crippen LogP contribution in [0.25, 0.3) is 0 Å². The number of carbonyl (C=O) groups is 2. The number of rotatable bonds is 3. The van der Waals surface area contributed by atoms with Crippen LogP contribution in [-0.2, 0) is 19.1 Å².